The number of carbonyl (C=O) groups excluding carboxylic acids is 6. The van der Waals surface area contributed by atoms with E-state index < -0.39 is 53.7 Å². The summed E-state index contributed by atoms with van der Waals surface area (Å²) in [6.07, 6.45) is 1.85. The van der Waals surface area contributed by atoms with E-state index in [0.29, 0.717) is 5.69 Å². The Morgan fingerprint density at radius 2 is 1.49 bits per heavy atom. The van der Waals surface area contributed by atoms with Gasteiger partial charge in [0.25, 0.3) is 0 Å². The molecular formula is C27H41N6O6. The average Bonchev–Trinajstić information content (AvgIpc) is 2.89. The third-order valence-electron chi connectivity index (χ3n) is 5.89. The molecule has 0 aliphatic carbocycles. The molecular weight excluding hydrogens is 504 g/mol. The molecule has 0 saturated heterocycles. The lowest BCUT2D eigenvalue weighted by Gasteiger charge is -2.32. The summed E-state index contributed by atoms with van der Waals surface area (Å²) < 4.78 is 0. The second-order valence-corrected chi connectivity index (χ2v) is 10.00. The van der Waals surface area contributed by atoms with Crippen LogP contribution >= 0.6 is 0 Å². The minimum absolute atomic E-state index is 0.0161. The van der Waals surface area contributed by atoms with E-state index in [1.807, 2.05) is 13.8 Å². The van der Waals surface area contributed by atoms with E-state index in [1.54, 1.807) is 50.5 Å². The highest BCUT2D eigenvalue weighted by Crippen LogP contribution is 2.18. The van der Waals surface area contributed by atoms with Crippen molar-refractivity contribution < 1.29 is 28.8 Å². The molecule has 0 fully saturated rings. The second-order valence-electron chi connectivity index (χ2n) is 10.00. The first kappa shape index (κ1) is 33.2. The molecule has 6 N–H and O–H groups in total. The van der Waals surface area contributed by atoms with E-state index in [1.165, 1.54) is 18.7 Å². The Balaban J connectivity index is 3.14. The predicted octanol–water partition coefficient (Wildman–Crippen LogP) is -0.231. The van der Waals surface area contributed by atoms with Crippen LogP contribution in [-0.4, -0.2) is 73.1 Å². The zero-order chi connectivity index (χ0) is 29.7. The first-order valence-corrected chi connectivity index (χ1v) is 12.9. The first-order chi connectivity index (χ1) is 18.3. The number of nitrogens with one attached hydrogen (secondary N) is 4. The van der Waals surface area contributed by atoms with Crippen molar-refractivity contribution in [2.45, 2.75) is 72.1 Å². The Morgan fingerprint density at radius 3 is 2.00 bits per heavy atom. The van der Waals surface area contributed by atoms with Gasteiger partial charge in [-0.25, -0.2) is 0 Å². The average molecular weight is 546 g/mol. The Bertz CT molecular complexity index is 1000. The fraction of sp³-hybridized carbons (Fsp3) is 0.556. The number of rotatable bonds is 15. The van der Waals surface area contributed by atoms with Crippen LogP contribution in [0.25, 0.3) is 0 Å². The van der Waals surface area contributed by atoms with Crippen LogP contribution in [0.15, 0.2) is 30.3 Å². The Morgan fingerprint density at radius 1 is 0.872 bits per heavy atom. The number of amides is 5. The molecule has 1 aromatic rings. The highest BCUT2D eigenvalue weighted by molar-refractivity contribution is 6.04. The summed E-state index contributed by atoms with van der Waals surface area (Å²) in [4.78, 5) is 76.0. The number of hydrogen-bond acceptors (Lipinski definition) is 7. The van der Waals surface area contributed by atoms with Gasteiger partial charge in [-0.1, -0.05) is 45.9 Å². The largest absolute Gasteiger partial charge is 0.347 e. The first-order valence-electron chi connectivity index (χ1n) is 12.9. The number of anilines is 1. The van der Waals surface area contributed by atoms with E-state index in [0.717, 1.165) is 0 Å². The number of nitrogens with two attached hydrogens (primary N) is 1. The van der Waals surface area contributed by atoms with Crippen LogP contribution in [0.2, 0.25) is 0 Å². The summed E-state index contributed by atoms with van der Waals surface area (Å²) >= 11 is 0. The van der Waals surface area contributed by atoms with Crippen LogP contribution in [0.4, 0.5) is 5.69 Å². The van der Waals surface area contributed by atoms with Crippen molar-refractivity contribution in [1.29, 1.82) is 0 Å². The lowest BCUT2D eigenvalue weighted by molar-refractivity contribution is -0.134. The van der Waals surface area contributed by atoms with Gasteiger partial charge in [-0.3, -0.25) is 33.7 Å². The molecule has 1 rings (SSSR count). The van der Waals surface area contributed by atoms with Crippen molar-refractivity contribution in [3.8, 4) is 0 Å². The van der Waals surface area contributed by atoms with Crippen LogP contribution in [0.3, 0.4) is 0 Å². The molecule has 0 aliphatic heterocycles. The lowest BCUT2D eigenvalue weighted by atomic mass is 9.99. The summed E-state index contributed by atoms with van der Waals surface area (Å²) in [5.41, 5.74) is 5.78. The molecule has 39 heavy (non-hydrogen) atoms. The molecule has 215 valence electrons. The molecule has 12 heteroatoms. The topological polar surface area (TPSA) is 180 Å². The summed E-state index contributed by atoms with van der Waals surface area (Å²) in [6, 6.07) is 4.47. The summed E-state index contributed by atoms with van der Waals surface area (Å²) in [6.45, 7) is 9.63. The number of nitrogens with zero attached hydrogens (tertiary/aromatic N) is 1. The molecule has 1 radical (unpaired) electrons. The zero-order valence-electron chi connectivity index (χ0n) is 23.4. The van der Waals surface area contributed by atoms with Crippen molar-refractivity contribution >= 4 is 41.5 Å². The second kappa shape index (κ2) is 16.2. The predicted molar refractivity (Wildman–Crippen MR) is 147 cm³/mol. The molecule has 12 nitrogen and oxygen atoms in total. The van der Waals surface area contributed by atoms with Gasteiger partial charge < -0.3 is 27.0 Å². The van der Waals surface area contributed by atoms with Crippen LogP contribution in [0.1, 0.15) is 48.0 Å². The Labute approximate surface area is 229 Å². The Hall–Kier alpha value is -3.80. The maximum atomic E-state index is 13.5. The SMILES string of the molecule is CC(C)CC(NC(=O)C(NC(=O)CN)C(C)C)C(=O)NC(C)C(=O)N(c1ccccc1)C(C)C(=O)NC[C]=O. The fourth-order valence-corrected chi connectivity index (χ4v) is 3.83. The molecule has 0 spiro atoms. The van der Waals surface area contributed by atoms with Gasteiger partial charge >= 0.3 is 0 Å². The lowest BCUT2D eigenvalue weighted by Crippen LogP contribution is -2.59. The van der Waals surface area contributed by atoms with Crippen molar-refractivity contribution in [3.63, 3.8) is 0 Å². The molecule has 0 heterocycles. The Kier molecular flexibility index (Phi) is 13.8. The van der Waals surface area contributed by atoms with Crippen LogP contribution in [-0.2, 0) is 28.8 Å². The minimum atomic E-state index is -1.07. The number of carbonyl (C=O) groups is 5. The number of para-hydroxylation sites is 1. The van der Waals surface area contributed by atoms with Crippen LogP contribution < -0.4 is 31.9 Å². The van der Waals surface area contributed by atoms with Crippen LogP contribution in [0, 0.1) is 11.8 Å². The molecule has 0 saturated carbocycles. The van der Waals surface area contributed by atoms with Gasteiger partial charge in [-0.05, 0) is 44.2 Å². The van der Waals surface area contributed by atoms with E-state index >= 15 is 0 Å². The van der Waals surface area contributed by atoms with Crippen molar-refractivity contribution in [2.24, 2.45) is 17.6 Å². The molecule has 5 amide bonds. The minimum Gasteiger partial charge on any atom is -0.347 e. The zero-order valence-corrected chi connectivity index (χ0v) is 23.4. The fourth-order valence-electron chi connectivity index (χ4n) is 3.83. The standard InChI is InChI=1S/C27H41N6O6/c1-16(2)14-21(31-26(38)23(17(3)4)32-22(35)15-28)25(37)30-18(5)27(39)33(20-10-8-7-9-11-20)19(6)24(36)29-12-13-34/h7-11,16-19,21,23H,12,14-15,28H2,1-6H3,(H,29,36)(H,30,37)(H,31,38)(H,32,35). The molecule has 0 aromatic heterocycles. The summed E-state index contributed by atoms with van der Waals surface area (Å²) in [5.74, 6) is -3.04. The van der Waals surface area contributed by atoms with E-state index in [-0.39, 0.29) is 31.3 Å². The molecule has 4 atom stereocenters. The number of hydrogen-bond donors (Lipinski definition) is 5. The molecule has 1 aromatic carbocycles. The normalized spacial score (nSPS) is 14.0. The third kappa shape index (κ3) is 10.5. The van der Waals surface area contributed by atoms with E-state index in [4.69, 9.17) is 5.73 Å². The van der Waals surface area contributed by atoms with Crippen LogP contribution in [0.5, 0.6) is 0 Å². The van der Waals surface area contributed by atoms with E-state index in [2.05, 4.69) is 21.3 Å². The molecule has 4 unspecified atom stereocenters. The highest BCUT2D eigenvalue weighted by Gasteiger charge is 2.34. The highest BCUT2D eigenvalue weighted by atomic mass is 16.2. The smallest absolute Gasteiger partial charge is 0.250 e. The summed E-state index contributed by atoms with van der Waals surface area (Å²) in [5, 5.41) is 10.3. The van der Waals surface area contributed by atoms with Crippen molar-refractivity contribution in [2.75, 3.05) is 18.0 Å². The van der Waals surface area contributed by atoms with Crippen molar-refractivity contribution in [1.82, 2.24) is 21.3 Å². The quantitative estimate of drug-likeness (QED) is 0.202. The van der Waals surface area contributed by atoms with Gasteiger partial charge in [0.15, 0.2) is 0 Å². The van der Waals surface area contributed by atoms with Gasteiger partial charge in [-0.15, -0.1) is 0 Å². The monoisotopic (exact) mass is 545 g/mol. The van der Waals surface area contributed by atoms with Gasteiger partial charge in [0.1, 0.15) is 24.2 Å². The van der Waals surface area contributed by atoms with Gasteiger partial charge in [-0.2, -0.15) is 0 Å². The van der Waals surface area contributed by atoms with Gasteiger partial charge in [0.2, 0.25) is 35.8 Å². The van der Waals surface area contributed by atoms with E-state index in [9.17, 15) is 28.8 Å². The third-order valence-corrected chi connectivity index (χ3v) is 5.89. The van der Waals surface area contributed by atoms with Crippen molar-refractivity contribution in [3.05, 3.63) is 30.3 Å². The van der Waals surface area contributed by atoms with Gasteiger partial charge in [0.05, 0.1) is 13.1 Å². The van der Waals surface area contributed by atoms with Gasteiger partial charge in [0, 0.05) is 5.69 Å². The molecule has 0 aliphatic rings. The summed E-state index contributed by atoms with van der Waals surface area (Å²) in [7, 11) is 0. The molecule has 0 bridgehead atoms. The maximum Gasteiger partial charge on any atom is 0.250 e. The maximum absolute atomic E-state index is 13.5. The number of benzene rings is 1.